The fraction of sp³-hybridized carbons (Fsp3) is 0.472. The molecule has 2 heterocycles. The topological polar surface area (TPSA) is 200 Å². The van der Waals surface area contributed by atoms with E-state index in [1.807, 2.05) is 0 Å². The van der Waals surface area contributed by atoms with Crippen LogP contribution in [0.1, 0.15) is 58.1 Å². The van der Waals surface area contributed by atoms with E-state index >= 15 is 0 Å². The molecule has 0 unspecified atom stereocenters. The first-order valence-electron chi connectivity index (χ1n) is 16.7. The van der Waals surface area contributed by atoms with Crippen molar-refractivity contribution in [1.29, 1.82) is 0 Å². The van der Waals surface area contributed by atoms with Crippen LogP contribution in [0.3, 0.4) is 0 Å². The first-order valence-corrected chi connectivity index (χ1v) is 16.7. The van der Waals surface area contributed by atoms with Gasteiger partial charge in [-0.3, -0.25) is 19.2 Å². The standard InChI is InChI=1S/C36H42N2O15/c1-21(39)18-28-30(49-22(2)40)31(50-23(3)41)32(51-24(4)42)34(52-28)53-29-17-16-27(33(43)46-5)37(35(44)47-19-25-12-8-6-9-13-25)38(29)36(45)48-20-26-14-10-7-11-15-26/h6-15,27-32,34H,16-20H2,1-5H3/t27-,28+,29-,30-,31-,32-,34-/m0/s1. The minimum atomic E-state index is -1.72. The molecule has 0 N–H and O–H groups in total. The Morgan fingerprint density at radius 1 is 0.660 bits per heavy atom. The molecule has 2 aliphatic rings. The van der Waals surface area contributed by atoms with Crippen LogP contribution >= 0.6 is 0 Å². The summed E-state index contributed by atoms with van der Waals surface area (Å²) in [5.41, 5.74) is 1.20. The zero-order chi connectivity index (χ0) is 38.7. The third-order valence-electron chi connectivity index (χ3n) is 8.02. The van der Waals surface area contributed by atoms with Crippen LogP contribution in [0.4, 0.5) is 9.59 Å². The number of hydrogen-bond donors (Lipinski definition) is 0. The highest BCUT2D eigenvalue weighted by Crippen LogP contribution is 2.35. The molecule has 0 saturated carbocycles. The fourth-order valence-corrected chi connectivity index (χ4v) is 5.87. The second-order valence-electron chi connectivity index (χ2n) is 12.1. The second-order valence-corrected chi connectivity index (χ2v) is 12.1. The number of Topliss-reactive ketones (excluding diaryl/α,β-unsaturated/α-hetero) is 1. The first kappa shape index (κ1) is 40.2. The monoisotopic (exact) mass is 742 g/mol. The number of rotatable bonds is 12. The summed E-state index contributed by atoms with van der Waals surface area (Å²) in [5, 5.41) is 1.45. The highest BCUT2D eigenvalue weighted by atomic mass is 16.7. The van der Waals surface area contributed by atoms with E-state index in [0.29, 0.717) is 11.1 Å². The molecule has 0 aliphatic carbocycles. The van der Waals surface area contributed by atoms with Crippen molar-refractivity contribution in [3.05, 3.63) is 71.8 Å². The molecule has 17 nitrogen and oxygen atoms in total. The molecule has 0 radical (unpaired) electrons. The molecule has 2 amide bonds. The van der Waals surface area contributed by atoms with Gasteiger partial charge in [0.15, 0.2) is 30.6 Å². The number of nitrogens with zero attached hydrogens (tertiary/aromatic N) is 2. The average molecular weight is 743 g/mol. The van der Waals surface area contributed by atoms with E-state index in [0.717, 1.165) is 37.9 Å². The van der Waals surface area contributed by atoms with Crippen molar-refractivity contribution in [2.24, 2.45) is 0 Å². The minimum Gasteiger partial charge on any atom is -0.467 e. The zero-order valence-electron chi connectivity index (χ0n) is 29.9. The molecule has 53 heavy (non-hydrogen) atoms. The Morgan fingerprint density at radius 2 is 1.15 bits per heavy atom. The molecule has 4 rings (SSSR count). The SMILES string of the molecule is COC(=O)[C@@H]1CC[C@H](O[C@@H]2O[C@H](CC(C)=O)[C@H](OC(C)=O)[C@H](OC(C)=O)[C@@H]2OC(C)=O)N(C(=O)OCc2ccccc2)N1C(=O)OCc1ccccc1. The van der Waals surface area contributed by atoms with E-state index in [-0.39, 0.29) is 32.5 Å². The maximum atomic E-state index is 14.0. The Hall–Kier alpha value is -5.55. The Labute approximate surface area is 305 Å². The van der Waals surface area contributed by atoms with Crippen LogP contribution in [0.25, 0.3) is 0 Å². The molecule has 0 spiro atoms. The summed E-state index contributed by atoms with van der Waals surface area (Å²) in [6.45, 7) is 3.97. The molecular formula is C36H42N2O15. The van der Waals surface area contributed by atoms with E-state index in [1.165, 1.54) is 6.92 Å². The van der Waals surface area contributed by atoms with Crippen LogP contribution < -0.4 is 0 Å². The quantitative estimate of drug-likeness (QED) is 0.226. The van der Waals surface area contributed by atoms with E-state index in [1.54, 1.807) is 60.7 Å². The molecule has 286 valence electrons. The van der Waals surface area contributed by atoms with Crippen LogP contribution in [0.15, 0.2) is 60.7 Å². The van der Waals surface area contributed by atoms with Crippen molar-refractivity contribution in [2.45, 2.75) is 103 Å². The minimum absolute atomic E-state index is 0.133. The number of esters is 4. The molecule has 17 heteroatoms. The normalized spacial score (nSPS) is 23.9. The largest absolute Gasteiger partial charge is 0.467 e. The second kappa shape index (κ2) is 18.8. The number of methoxy groups -OCH3 is 1. The molecule has 2 aromatic rings. The first-order chi connectivity index (χ1) is 25.3. The summed E-state index contributed by atoms with van der Waals surface area (Å²) >= 11 is 0. The number of ether oxygens (including phenoxy) is 8. The predicted molar refractivity (Wildman–Crippen MR) is 177 cm³/mol. The highest BCUT2D eigenvalue weighted by molar-refractivity contribution is 5.83. The fourth-order valence-electron chi connectivity index (χ4n) is 5.87. The van der Waals surface area contributed by atoms with Crippen LogP contribution in [0, 0.1) is 0 Å². The van der Waals surface area contributed by atoms with Gasteiger partial charge in [-0.1, -0.05) is 60.7 Å². The van der Waals surface area contributed by atoms with Gasteiger partial charge in [0.25, 0.3) is 0 Å². The summed E-state index contributed by atoms with van der Waals surface area (Å²) in [7, 11) is 1.11. The van der Waals surface area contributed by atoms with Gasteiger partial charge in [0.05, 0.1) is 7.11 Å². The zero-order valence-corrected chi connectivity index (χ0v) is 29.9. The maximum Gasteiger partial charge on any atom is 0.431 e. The highest BCUT2D eigenvalue weighted by Gasteiger charge is 2.55. The van der Waals surface area contributed by atoms with E-state index < -0.39 is 84.8 Å². The van der Waals surface area contributed by atoms with E-state index in [9.17, 15) is 33.6 Å². The third-order valence-corrected chi connectivity index (χ3v) is 8.02. The Kier molecular flexibility index (Phi) is 14.3. The lowest BCUT2D eigenvalue weighted by molar-refractivity contribution is -0.333. The van der Waals surface area contributed by atoms with Crippen molar-refractivity contribution >= 4 is 41.8 Å². The number of benzene rings is 2. The summed E-state index contributed by atoms with van der Waals surface area (Å²) < 4.78 is 44.9. The molecule has 2 saturated heterocycles. The van der Waals surface area contributed by atoms with Gasteiger partial charge in [-0.15, -0.1) is 0 Å². The van der Waals surface area contributed by atoms with E-state index in [2.05, 4.69) is 0 Å². The summed E-state index contributed by atoms with van der Waals surface area (Å²) in [4.78, 5) is 90.2. The van der Waals surface area contributed by atoms with Gasteiger partial charge in [0.2, 0.25) is 6.29 Å². The van der Waals surface area contributed by atoms with Crippen LogP contribution in [-0.4, -0.2) is 102 Å². The summed E-state index contributed by atoms with van der Waals surface area (Å²) in [6.07, 6.45) is -12.1. The maximum absolute atomic E-state index is 14.0. The van der Waals surface area contributed by atoms with Crippen molar-refractivity contribution in [2.75, 3.05) is 7.11 Å². The lowest BCUT2D eigenvalue weighted by Crippen LogP contribution is -2.67. The third kappa shape index (κ3) is 11.0. The number of amides is 2. The molecule has 2 aromatic carbocycles. The van der Waals surface area contributed by atoms with Crippen molar-refractivity contribution in [1.82, 2.24) is 10.0 Å². The smallest absolute Gasteiger partial charge is 0.431 e. The van der Waals surface area contributed by atoms with Crippen molar-refractivity contribution in [3.8, 4) is 0 Å². The average Bonchev–Trinajstić information content (AvgIpc) is 3.12. The number of carbonyl (C=O) groups excluding carboxylic acids is 7. The lowest BCUT2D eigenvalue weighted by Gasteiger charge is -2.48. The molecule has 0 bridgehead atoms. The van der Waals surface area contributed by atoms with Crippen LogP contribution in [0.5, 0.6) is 0 Å². The lowest BCUT2D eigenvalue weighted by atomic mass is 9.94. The molecule has 2 fully saturated rings. The van der Waals surface area contributed by atoms with Crippen molar-refractivity contribution < 1.29 is 71.5 Å². The molecule has 0 aromatic heterocycles. The van der Waals surface area contributed by atoms with Crippen molar-refractivity contribution in [3.63, 3.8) is 0 Å². The molecule has 7 atom stereocenters. The predicted octanol–water partition coefficient (Wildman–Crippen LogP) is 3.36. The number of hydrogen-bond acceptors (Lipinski definition) is 15. The van der Waals surface area contributed by atoms with Crippen LogP contribution in [-0.2, 0) is 75.1 Å². The van der Waals surface area contributed by atoms with Gasteiger partial charge in [-0.2, -0.15) is 10.0 Å². The Bertz CT molecular complexity index is 1620. The van der Waals surface area contributed by atoms with Gasteiger partial charge in [-0.05, 0) is 30.9 Å². The van der Waals surface area contributed by atoms with Gasteiger partial charge < -0.3 is 37.9 Å². The number of carbonyl (C=O) groups is 7. The van der Waals surface area contributed by atoms with Gasteiger partial charge in [-0.25, -0.2) is 14.4 Å². The number of hydrazine groups is 1. The van der Waals surface area contributed by atoms with Gasteiger partial charge in [0.1, 0.15) is 25.1 Å². The summed E-state index contributed by atoms with van der Waals surface area (Å²) in [5.74, 6) is -3.84. The van der Waals surface area contributed by atoms with E-state index in [4.69, 9.17) is 37.9 Å². The Balaban J connectivity index is 1.76. The summed E-state index contributed by atoms with van der Waals surface area (Å²) in [6, 6.07) is 15.9. The number of ketones is 1. The van der Waals surface area contributed by atoms with Gasteiger partial charge >= 0.3 is 36.1 Å². The molecule has 2 aliphatic heterocycles. The van der Waals surface area contributed by atoms with Crippen LogP contribution in [0.2, 0.25) is 0 Å². The Morgan fingerprint density at radius 3 is 1.64 bits per heavy atom. The van der Waals surface area contributed by atoms with Gasteiger partial charge in [0, 0.05) is 27.2 Å². The molecular weight excluding hydrogens is 700 g/mol.